The van der Waals surface area contributed by atoms with E-state index in [1.165, 1.54) is 0 Å². The molecule has 114 valence electrons. The first-order chi connectivity index (χ1) is 9.52. The number of hydrogen-bond donors (Lipinski definition) is 2. The summed E-state index contributed by atoms with van der Waals surface area (Å²) in [7, 11) is 3.93. The molecule has 0 saturated heterocycles. The molecule has 1 aliphatic carbocycles. The molecule has 1 amide bonds. The molecule has 1 rings (SSSR count). The zero-order valence-electron chi connectivity index (χ0n) is 12.2. The third-order valence-corrected chi connectivity index (χ3v) is 3.31. The Kier molecular flexibility index (Phi) is 7.25. The number of rotatable bonds is 8. The van der Waals surface area contributed by atoms with Crippen LogP contribution in [0.2, 0.25) is 0 Å². The zero-order valence-corrected chi connectivity index (χ0v) is 12.2. The summed E-state index contributed by atoms with van der Waals surface area (Å²) in [5.41, 5.74) is 0. The number of allylic oxidation sites excluding steroid dienone is 2. The molecule has 0 aliphatic heterocycles. The third-order valence-electron chi connectivity index (χ3n) is 3.31. The maximum Gasteiger partial charge on any atom is 0.307 e. The topological polar surface area (TPSA) is 78.9 Å². The Balaban J connectivity index is 2.24. The van der Waals surface area contributed by atoms with Crippen molar-refractivity contribution in [1.29, 1.82) is 0 Å². The van der Waals surface area contributed by atoms with Gasteiger partial charge in [-0.25, -0.2) is 0 Å². The molecule has 2 atom stereocenters. The Labute approximate surface area is 119 Å². The van der Waals surface area contributed by atoms with Gasteiger partial charge in [-0.15, -0.1) is 0 Å². The molecule has 2 unspecified atom stereocenters. The minimum Gasteiger partial charge on any atom is -0.481 e. The monoisotopic (exact) mass is 284 g/mol. The highest BCUT2D eigenvalue weighted by atomic mass is 16.5. The zero-order chi connectivity index (χ0) is 15.0. The number of ether oxygens (including phenoxy) is 1. The first kappa shape index (κ1) is 16.7. The Morgan fingerprint density at radius 2 is 1.90 bits per heavy atom. The fraction of sp³-hybridized carbons (Fsp3) is 0.714. The quantitative estimate of drug-likeness (QED) is 0.496. The van der Waals surface area contributed by atoms with Crippen LogP contribution in [0.4, 0.5) is 0 Å². The lowest BCUT2D eigenvalue weighted by molar-refractivity contribution is -0.147. The SMILES string of the molecule is CN(C)CCOCCNC(=O)C1CC=CCC1C(=O)O. The minimum absolute atomic E-state index is 0.196. The van der Waals surface area contributed by atoms with E-state index in [9.17, 15) is 9.59 Å². The van der Waals surface area contributed by atoms with Crippen LogP contribution >= 0.6 is 0 Å². The molecule has 0 bridgehead atoms. The van der Waals surface area contributed by atoms with Crippen LogP contribution in [-0.4, -0.2) is 62.3 Å². The van der Waals surface area contributed by atoms with Crippen LogP contribution in [0.15, 0.2) is 12.2 Å². The summed E-state index contributed by atoms with van der Waals surface area (Å²) in [6.07, 6.45) is 4.61. The number of aliphatic carboxylic acids is 1. The molecule has 0 saturated carbocycles. The van der Waals surface area contributed by atoms with Gasteiger partial charge in [0.15, 0.2) is 0 Å². The van der Waals surface area contributed by atoms with Crippen LogP contribution in [0.5, 0.6) is 0 Å². The number of carboxylic acid groups (broad SMARTS) is 1. The highest BCUT2D eigenvalue weighted by Crippen LogP contribution is 2.25. The van der Waals surface area contributed by atoms with Crippen molar-refractivity contribution >= 4 is 11.9 Å². The van der Waals surface area contributed by atoms with Crippen molar-refractivity contribution in [3.05, 3.63) is 12.2 Å². The molecule has 0 fully saturated rings. The lowest BCUT2D eigenvalue weighted by Crippen LogP contribution is -2.40. The number of carbonyl (C=O) groups is 2. The van der Waals surface area contributed by atoms with Crippen LogP contribution < -0.4 is 5.32 Å². The molecular formula is C14H24N2O4. The minimum atomic E-state index is -0.906. The molecular weight excluding hydrogens is 260 g/mol. The highest BCUT2D eigenvalue weighted by molar-refractivity contribution is 5.85. The van der Waals surface area contributed by atoms with Crippen LogP contribution in [-0.2, 0) is 14.3 Å². The van der Waals surface area contributed by atoms with Gasteiger partial charge in [-0.2, -0.15) is 0 Å². The van der Waals surface area contributed by atoms with Gasteiger partial charge in [-0.05, 0) is 26.9 Å². The Hall–Kier alpha value is -1.40. The molecule has 2 N–H and O–H groups in total. The van der Waals surface area contributed by atoms with Gasteiger partial charge in [0, 0.05) is 13.1 Å². The standard InChI is InChI=1S/C14H24N2O4/c1-16(2)8-10-20-9-7-15-13(17)11-5-3-4-6-12(11)14(18)19/h3-4,11-12H,5-10H2,1-2H3,(H,15,17)(H,18,19). The van der Waals surface area contributed by atoms with E-state index < -0.39 is 17.8 Å². The predicted molar refractivity (Wildman–Crippen MR) is 75.4 cm³/mol. The molecule has 0 heterocycles. The van der Waals surface area contributed by atoms with Gasteiger partial charge in [0.25, 0.3) is 0 Å². The summed E-state index contributed by atoms with van der Waals surface area (Å²) >= 11 is 0. The van der Waals surface area contributed by atoms with Crippen molar-refractivity contribution in [1.82, 2.24) is 10.2 Å². The van der Waals surface area contributed by atoms with Crippen LogP contribution in [0.3, 0.4) is 0 Å². The normalized spacial score (nSPS) is 21.9. The Morgan fingerprint density at radius 1 is 1.25 bits per heavy atom. The maximum atomic E-state index is 12.0. The van der Waals surface area contributed by atoms with E-state index in [0.717, 1.165) is 6.54 Å². The van der Waals surface area contributed by atoms with E-state index in [2.05, 4.69) is 5.32 Å². The van der Waals surface area contributed by atoms with Gasteiger partial charge in [-0.1, -0.05) is 12.2 Å². The number of carboxylic acids is 1. The first-order valence-electron chi connectivity index (χ1n) is 6.90. The average molecular weight is 284 g/mol. The van der Waals surface area contributed by atoms with Crippen molar-refractivity contribution in [2.45, 2.75) is 12.8 Å². The van der Waals surface area contributed by atoms with Crippen molar-refractivity contribution in [3.63, 3.8) is 0 Å². The van der Waals surface area contributed by atoms with Crippen LogP contribution in [0.25, 0.3) is 0 Å². The maximum absolute atomic E-state index is 12.0. The van der Waals surface area contributed by atoms with E-state index in [0.29, 0.717) is 32.6 Å². The van der Waals surface area contributed by atoms with Gasteiger partial charge < -0.3 is 20.1 Å². The number of nitrogens with one attached hydrogen (secondary N) is 1. The summed E-state index contributed by atoms with van der Waals surface area (Å²) < 4.78 is 5.37. The lowest BCUT2D eigenvalue weighted by Gasteiger charge is -2.24. The molecule has 0 radical (unpaired) electrons. The van der Waals surface area contributed by atoms with Crippen molar-refractivity contribution < 1.29 is 19.4 Å². The summed E-state index contributed by atoms with van der Waals surface area (Å²) in [5.74, 6) is -2.19. The molecule has 1 aliphatic rings. The van der Waals surface area contributed by atoms with Crippen LogP contribution in [0.1, 0.15) is 12.8 Å². The first-order valence-corrected chi connectivity index (χ1v) is 6.90. The van der Waals surface area contributed by atoms with Crippen molar-refractivity contribution in [2.24, 2.45) is 11.8 Å². The third kappa shape index (κ3) is 5.71. The Bertz CT molecular complexity index is 355. The second-order valence-corrected chi connectivity index (χ2v) is 5.20. The van der Waals surface area contributed by atoms with Gasteiger partial charge in [0.05, 0.1) is 25.0 Å². The fourth-order valence-corrected chi connectivity index (χ4v) is 2.10. The summed E-state index contributed by atoms with van der Waals surface area (Å²) in [6, 6.07) is 0. The molecule has 0 spiro atoms. The number of amides is 1. The molecule has 6 nitrogen and oxygen atoms in total. The molecule has 0 aromatic heterocycles. The van der Waals surface area contributed by atoms with E-state index in [1.54, 1.807) is 0 Å². The number of hydrogen-bond acceptors (Lipinski definition) is 4. The summed E-state index contributed by atoms with van der Waals surface area (Å²) in [4.78, 5) is 25.1. The molecule has 0 aromatic rings. The Morgan fingerprint density at radius 3 is 2.50 bits per heavy atom. The van der Waals surface area contributed by atoms with E-state index in [-0.39, 0.29) is 5.91 Å². The second-order valence-electron chi connectivity index (χ2n) is 5.20. The number of carbonyl (C=O) groups excluding carboxylic acids is 1. The second kappa shape index (κ2) is 8.71. The lowest BCUT2D eigenvalue weighted by atomic mass is 9.82. The largest absolute Gasteiger partial charge is 0.481 e. The fourth-order valence-electron chi connectivity index (χ4n) is 2.10. The van der Waals surface area contributed by atoms with Crippen molar-refractivity contribution in [2.75, 3.05) is 40.4 Å². The van der Waals surface area contributed by atoms with Gasteiger partial charge >= 0.3 is 5.97 Å². The molecule has 0 aromatic carbocycles. The van der Waals surface area contributed by atoms with E-state index >= 15 is 0 Å². The molecule has 6 heteroatoms. The highest BCUT2D eigenvalue weighted by Gasteiger charge is 2.33. The van der Waals surface area contributed by atoms with Crippen LogP contribution in [0, 0.1) is 11.8 Å². The number of nitrogens with zero attached hydrogens (tertiary/aromatic N) is 1. The van der Waals surface area contributed by atoms with Gasteiger partial charge in [0.2, 0.25) is 5.91 Å². The van der Waals surface area contributed by atoms with Crippen molar-refractivity contribution in [3.8, 4) is 0 Å². The average Bonchev–Trinajstić information content (AvgIpc) is 2.42. The van der Waals surface area contributed by atoms with E-state index in [1.807, 2.05) is 31.1 Å². The predicted octanol–water partition coefficient (Wildman–Crippen LogP) is 0.348. The number of likely N-dealkylation sites (N-methyl/N-ethyl adjacent to an activating group) is 1. The van der Waals surface area contributed by atoms with Gasteiger partial charge in [-0.3, -0.25) is 9.59 Å². The summed E-state index contributed by atoms with van der Waals surface area (Å²) in [6.45, 7) is 2.31. The molecule has 20 heavy (non-hydrogen) atoms. The van der Waals surface area contributed by atoms with E-state index in [4.69, 9.17) is 9.84 Å². The summed E-state index contributed by atoms with van der Waals surface area (Å²) in [5, 5.41) is 11.9. The van der Waals surface area contributed by atoms with Gasteiger partial charge in [0.1, 0.15) is 0 Å². The smallest absolute Gasteiger partial charge is 0.307 e.